The molecule has 1 aliphatic heterocycles. The van der Waals surface area contributed by atoms with E-state index in [-0.39, 0.29) is 11.6 Å². The van der Waals surface area contributed by atoms with Crippen molar-refractivity contribution in [2.45, 2.75) is 19.8 Å². The first-order chi connectivity index (χ1) is 7.68. The lowest BCUT2D eigenvalue weighted by Gasteiger charge is -2.12. The summed E-state index contributed by atoms with van der Waals surface area (Å²) >= 11 is 0. The van der Waals surface area contributed by atoms with Gasteiger partial charge in [-0.15, -0.1) is 0 Å². The summed E-state index contributed by atoms with van der Waals surface area (Å²) in [5, 5.41) is 0. The maximum atomic E-state index is 13.3. The number of aryl methyl sites for hydroxylation is 1. The Morgan fingerprint density at radius 3 is 2.88 bits per heavy atom. The van der Waals surface area contributed by atoms with Crippen molar-refractivity contribution in [3.05, 3.63) is 47.0 Å². The molecule has 16 heavy (non-hydrogen) atoms. The number of carbonyl (C=O) groups excluding carboxylic acids is 1. The molecule has 1 aromatic rings. The standard InChI is InChI=1S/C13H13FO2/c1-9-4-5-10(7-12(9)14)13(15)11-3-2-6-16-8-11/h4-5,7-8H,2-3,6H2,1H3. The lowest BCUT2D eigenvalue weighted by atomic mass is 9.99. The second-order valence-electron chi connectivity index (χ2n) is 3.91. The van der Waals surface area contributed by atoms with E-state index in [4.69, 9.17) is 4.74 Å². The largest absolute Gasteiger partial charge is 0.501 e. The normalized spacial score (nSPS) is 15.2. The Hall–Kier alpha value is -1.64. The fourth-order valence-corrected chi connectivity index (χ4v) is 1.65. The molecule has 0 unspecified atom stereocenters. The van der Waals surface area contributed by atoms with E-state index in [1.807, 2.05) is 0 Å². The predicted octanol–water partition coefficient (Wildman–Crippen LogP) is 3.01. The minimum atomic E-state index is -0.344. The zero-order valence-electron chi connectivity index (χ0n) is 9.13. The first kappa shape index (κ1) is 10.9. The summed E-state index contributed by atoms with van der Waals surface area (Å²) in [6.07, 6.45) is 3.03. The maximum absolute atomic E-state index is 13.3. The van der Waals surface area contributed by atoms with Gasteiger partial charge in [0.25, 0.3) is 0 Å². The van der Waals surface area contributed by atoms with Crippen LogP contribution >= 0.6 is 0 Å². The monoisotopic (exact) mass is 220 g/mol. The number of Topliss-reactive ketones (excluding diaryl/α,β-unsaturated/α-hetero) is 1. The molecule has 0 fully saturated rings. The van der Waals surface area contributed by atoms with Crippen LogP contribution in [0.1, 0.15) is 28.8 Å². The van der Waals surface area contributed by atoms with Crippen LogP contribution in [0.15, 0.2) is 30.0 Å². The SMILES string of the molecule is Cc1ccc(C(=O)C2=COCCC2)cc1F. The molecule has 3 heteroatoms. The predicted molar refractivity (Wildman–Crippen MR) is 58.7 cm³/mol. The molecule has 0 atom stereocenters. The summed E-state index contributed by atoms with van der Waals surface area (Å²) in [7, 11) is 0. The van der Waals surface area contributed by atoms with Crippen LogP contribution in [0.25, 0.3) is 0 Å². The fourth-order valence-electron chi connectivity index (χ4n) is 1.65. The van der Waals surface area contributed by atoms with E-state index in [0.29, 0.717) is 29.7 Å². The highest BCUT2D eigenvalue weighted by Crippen LogP contribution is 2.19. The van der Waals surface area contributed by atoms with Crippen molar-refractivity contribution in [2.75, 3.05) is 6.61 Å². The van der Waals surface area contributed by atoms with E-state index in [1.165, 1.54) is 12.3 Å². The van der Waals surface area contributed by atoms with Crippen LogP contribution in [0.4, 0.5) is 4.39 Å². The molecule has 2 rings (SSSR count). The molecule has 0 bridgehead atoms. The highest BCUT2D eigenvalue weighted by molar-refractivity contribution is 6.08. The summed E-state index contributed by atoms with van der Waals surface area (Å²) in [5.74, 6) is -0.484. The zero-order valence-corrected chi connectivity index (χ0v) is 9.13. The van der Waals surface area contributed by atoms with Crippen LogP contribution in [0.5, 0.6) is 0 Å². The molecule has 0 aromatic heterocycles. The lowest BCUT2D eigenvalue weighted by molar-refractivity contribution is 0.101. The van der Waals surface area contributed by atoms with Crippen LogP contribution in [-0.2, 0) is 4.74 Å². The highest BCUT2D eigenvalue weighted by atomic mass is 19.1. The first-order valence-electron chi connectivity index (χ1n) is 5.30. The molecule has 1 aliphatic rings. The van der Waals surface area contributed by atoms with Gasteiger partial charge < -0.3 is 4.74 Å². The van der Waals surface area contributed by atoms with E-state index in [9.17, 15) is 9.18 Å². The van der Waals surface area contributed by atoms with Crippen molar-refractivity contribution >= 4 is 5.78 Å². The number of hydrogen-bond acceptors (Lipinski definition) is 2. The van der Waals surface area contributed by atoms with Gasteiger partial charge in [0.2, 0.25) is 0 Å². The van der Waals surface area contributed by atoms with E-state index >= 15 is 0 Å². The quantitative estimate of drug-likeness (QED) is 0.716. The number of ketones is 1. The molecule has 0 N–H and O–H groups in total. The minimum absolute atomic E-state index is 0.140. The second-order valence-corrected chi connectivity index (χ2v) is 3.91. The first-order valence-corrected chi connectivity index (χ1v) is 5.30. The van der Waals surface area contributed by atoms with Gasteiger partial charge in [-0.25, -0.2) is 4.39 Å². The Morgan fingerprint density at radius 2 is 2.25 bits per heavy atom. The van der Waals surface area contributed by atoms with Gasteiger partial charge in [0, 0.05) is 11.1 Å². The third kappa shape index (κ3) is 2.13. The molecule has 84 valence electrons. The van der Waals surface area contributed by atoms with Crippen LogP contribution < -0.4 is 0 Å². The van der Waals surface area contributed by atoms with Crippen LogP contribution in [0, 0.1) is 12.7 Å². The molecule has 0 aliphatic carbocycles. The van der Waals surface area contributed by atoms with Crippen LogP contribution in [0.2, 0.25) is 0 Å². The van der Waals surface area contributed by atoms with Crippen LogP contribution in [-0.4, -0.2) is 12.4 Å². The van der Waals surface area contributed by atoms with E-state index < -0.39 is 0 Å². The van der Waals surface area contributed by atoms with E-state index in [2.05, 4.69) is 0 Å². The van der Waals surface area contributed by atoms with Crippen molar-refractivity contribution in [3.63, 3.8) is 0 Å². The Kier molecular flexibility index (Phi) is 3.04. The summed E-state index contributed by atoms with van der Waals surface area (Å²) in [6, 6.07) is 4.55. The summed E-state index contributed by atoms with van der Waals surface area (Å²) < 4.78 is 18.4. The Morgan fingerprint density at radius 1 is 1.44 bits per heavy atom. The molecule has 0 radical (unpaired) electrons. The third-order valence-corrected chi connectivity index (χ3v) is 2.66. The number of halogens is 1. The average Bonchev–Trinajstić information content (AvgIpc) is 2.33. The molecular formula is C13H13FO2. The van der Waals surface area contributed by atoms with Crippen LogP contribution in [0.3, 0.4) is 0 Å². The Labute approximate surface area is 93.7 Å². The van der Waals surface area contributed by atoms with Gasteiger partial charge in [-0.1, -0.05) is 12.1 Å². The molecule has 0 saturated carbocycles. The topological polar surface area (TPSA) is 26.3 Å². The number of hydrogen-bond donors (Lipinski definition) is 0. The third-order valence-electron chi connectivity index (χ3n) is 2.66. The molecule has 0 amide bonds. The van der Waals surface area contributed by atoms with Gasteiger partial charge in [0.1, 0.15) is 5.82 Å². The molecular weight excluding hydrogens is 207 g/mol. The van der Waals surface area contributed by atoms with Gasteiger partial charge in [0.05, 0.1) is 12.9 Å². The van der Waals surface area contributed by atoms with Gasteiger partial charge in [-0.05, 0) is 31.4 Å². The summed E-state index contributed by atoms with van der Waals surface area (Å²) in [5.41, 5.74) is 1.56. The van der Waals surface area contributed by atoms with E-state index in [0.717, 1.165) is 6.42 Å². The maximum Gasteiger partial charge on any atom is 0.192 e. The molecule has 0 spiro atoms. The summed E-state index contributed by atoms with van der Waals surface area (Å²) in [6.45, 7) is 2.33. The fraction of sp³-hybridized carbons (Fsp3) is 0.308. The van der Waals surface area contributed by atoms with Crippen molar-refractivity contribution in [1.29, 1.82) is 0 Å². The molecule has 1 heterocycles. The second kappa shape index (κ2) is 4.47. The summed E-state index contributed by atoms with van der Waals surface area (Å²) in [4.78, 5) is 11.9. The Bertz CT molecular complexity index is 449. The van der Waals surface area contributed by atoms with Crippen molar-refractivity contribution in [3.8, 4) is 0 Å². The lowest BCUT2D eigenvalue weighted by Crippen LogP contribution is -2.09. The number of rotatable bonds is 2. The van der Waals surface area contributed by atoms with Gasteiger partial charge in [-0.3, -0.25) is 4.79 Å². The molecule has 0 saturated heterocycles. The van der Waals surface area contributed by atoms with Gasteiger partial charge in [0.15, 0.2) is 5.78 Å². The number of allylic oxidation sites excluding steroid dienone is 1. The zero-order chi connectivity index (χ0) is 11.5. The van der Waals surface area contributed by atoms with Crippen molar-refractivity contribution in [2.24, 2.45) is 0 Å². The number of ether oxygens (including phenoxy) is 1. The number of carbonyl (C=O) groups is 1. The average molecular weight is 220 g/mol. The molecule has 2 nitrogen and oxygen atoms in total. The van der Waals surface area contributed by atoms with Gasteiger partial charge in [-0.2, -0.15) is 0 Å². The highest BCUT2D eigenvalue weighted by Gasteiger charge is 2.16. The Balaban J connectivity index is 2.26. The van der Waals surface area contributed by atoms with Crippen molar-refractivity contribution < 1.29 is 13.9 Å². The van der Waals surface area contributed by atoms with E-state index in [1.54, 1.807) is 19.1 Å². The van der Waals surface area contributed by atoms with Gasteiger partial charge >= 0.3 is 0 Å². The van der Waals surface area contributed by atoms with Crippen molar-refractivity contribution in [1.82, 2.24) is 0 Å². The number of benzene rings is 1. The smallest absolute Gasteiger partial charge is 0.192 e. The molecule has 1 aromatic carbocycles. The minimum Gasteiger partial charge on any atom is -0.501 e.